The van der Waals surface area contributed by atoms with Gasteiger partial charge in [-0.05, 0) is 12.0 Å². The van der Waals surface area contributed by atoms with Crippen molar-refractivity contribution in [1.29, 1.82) is 0 Å². The van der Waals surface area contributed by atoms with E-state index in [2.05, 4.69) is 15.0 Å². The van der Waals surface area contributed by atoms with Crippen molar-refractivity contribution in [2.75, 3.05) is 13.7 Å². The molecule has 1 unspecified atom stereocenters. The van der Waals surface area contributed by atoms with Crippen LogP contribution >= 0.6 is 0 Å². The molecule has 21 heavy (non-hydrogen) atoms. The van der Waals surface area contributed by atoms with Gasteiger partial charge in [0.25, 0.3) is 0 Å². The summed E-state index contributed by atoms with van der Waals surface area (Å²) in [5.41, 5.74) is 0.844. The van der Waals surface area contributed by atoms with E-state index < -0.39 is 10.0 Å². The second kappa shape index (κ2) is 7.93. The Balaban J connectivity index is 2.78. The monoisotopic (exact) mass is 317 g/mol. The lowest BCUT2D eigenvalue weighted by molar-refractivity contribution is 0.157. The van der Waals surface area contributed by atoms with Crippen molar-refractivity contribution < 1.29 is 13.2 Å². The Hall–Kier alpha value is -0.890. The molecule has 0 aliphatic heterocycles. The molecule has 0 saturated carbocycles. The highest BCUT2D eigenvalue weighted by molar-refractivity contribution is 7.89. The molecule has 0 spiro atoms. The minimum absolute atomic E-state index is 0.153. The van der Waals surface area contributed by atoms with Crippen LogP contribution in [0, 0.1) is 5.92 Å². The van der Waals surface area contributed by atoms with Gasteiger partial charge in [-0.1, -0.05) is 27.7 Å². The Kier molecular flexibility index (Phi) is 6.86. The first-order valence-corrected chi connectivity index (χ1v) is 8.66. The third-order valence-corrected chi connectivity index (χ3v) is 4.65. The SMILES string of the molecule is COCC(NS(=O)(=O)c1c[nH]c(CNC(C)C)c1)C(C)C. The Morgan fingerprint density at radius 1 is 1.29 bits per heavy atom. The van der Waals surface area contributed by atoms with E-state index >= 15 is 0 Å². The molecule has 0 aliphatic rings. The van der Waals surface area contributed by atoms with Crippen LogP contribution in [0.1, 0.15) is 33.4 Å². The summed E-state index contributed by atoms with van der Waals surface area (Å²) in [5.74, 6) is 0.153. The van der Waals surface area contributed by atoms with Crippen molar-refractivity contribution in [1.82, 2.24) is 15.0 Å². The van der Waals surface area contributed by atoms with E-state index in [0.29, 0.717) is 19.2 Å². The van der Waals surface area contributed by atoms with Gasteiger partial charge in [-0.3, -0.25) is 0 Å². The molecule has 1 rings (SSSR count). The number of aromatic amines is 1. The lowest BCUT2D eigenvalue weighted by atomic mass is 10.1. The molecule has 0 bridgehead atoms. The van der Waals surface area contributed by atoms with Crippen LogP contribution in [0.2, 0.25) is 0 Å². The number of nitrogens with one attached hydrogen (secondary N) is 3. The number of rotatable bonds is 9. The second-order valence-electron chi connectivity index (χ2n) is 5.82. The Bertz CT molecular complexity index is 523. The van der Waals surface area contributed by atoms with E-state index in [1.807, 2.05) is 27.7 Å². The Labute approximate surface area is 127 Å². The van der Waals surface area contributed by atoms with Crippen LogP contribution in [0.3, 0.4) is 0 Å². The summed E-state index contributed by atoms with van der Waals surface area (Å²) in [4.78, 5) is 3.24. The first-order chi connectivity index (χ1) is 9.76. The molecule has 1 aromatic heterocycles. The van der Waals surface area contributed by atoms with Gasteiger partial charge in [0.05, 0.1) is 11.5 Å². The fourth-order valence-electron chi connectivity index (χ4n) is 1.80. The number of ether oxygens (including phenoxy) is 1. The first-order valence-electron chi connectivity index (χ1n) is 7.18. The summed E-state index contributed by atoms with van der Waals surface area (Å²) < 4.78 is 32.5. The van der Waals surface area contributed by atoms with Crippen LogP contribution in [0.15, 0.2) is 17.2 Å². The van der Waals surface area contributed by atoms with E-state index in [4.69, 9.17) is 4.74 Å². The lowest BCUT2D eigenvalue weighted by Crippen LogP contribution is -2.41. The smallest absolute Gasteiger partial charge is 0.242 e. The molecule has 7 heteroatoms. The maximum atomic E-state index is 12.4. The Morgan fingerprint density at radius 3 is 2.48 bits per heavy atom. The van der Waals surface area contributed by atoms with Gasteiger partial charge in [-0.15, -0.1) is 0 Å². The third-order valence-electron chi connectivity index (χ3n) is 3.18. The maximum absolute atomic E-state index is 12.4. The second-order valence-corrected chi connectivity index (χ2v) is 7.54. The number of methoxy groups -OCH3 is 1. The minimum atomic E-state index is -3.53. The van der Waals surface area contributed by atoms with E-state index in [-0.39, 0.29) is 16.9 Å². The number of hydrogen-bond donors (Lipinski definition) is 3. The first kappa shape index (κ1) is 18.2. The van der Waals surface area contributed by atoms with E-state index in [0.717, 1.165) is 5.69 Å². The Morgan fingerprint density at radius 2 is 1.95 bits per heavy atom. The van der Waals surface area contributed by atoms with Gasteiger partial charge in [0.2, 0.25) is 10.0 Å². The van der Waals surface area contributed by atoms with Crippen molar-refractivity contribution in [2.45, 2.75) is 51.2 Å². The van der Waals surface area contributed by atoms with Crippen LogP contribution in [0.25, 0.3) is 0 Å². The highest BCUT2D eigenvalue weighted by Gasteiger charge is 2.23. The normalized spacial score (nSPS) is 14.0. The fraction of sp³-hybridized carbons (Fsp3) is 0.714. The summed E-state index contributed by atoms with van der Waals surface area (Å²) in [6, 6.07) is 1.76. The maximum Gasteiger partial charge on any atom is 0.242 e. The van der Waals surface area contributed by atoms with Crippen molar-refractivity contribution >= 4 is 10.0 Å². The third kappa shape index (κ3) is 5.78. The summed E-state index contributed by atoms with van der Waals surface area (Å²) >= 11 is 0. The summed E-state index contributed by atoms with van der Waals surface area (Å²) in [6.45, 7) is 8.96. The zero-order valence-electron chi connectivity index (χ0n) is 13.4. The van der Waals surface area contributed by atoms with Gasteiger partial charge >= 0.3 is 0 Å². The van der Waals surface area contributed by atoms with E-state index in [1.54, 1.807) is 13.2 Å². The number of H-pyrrole nitrogens is 1. The molecule has 0 aromatic carbocycles. The molecule has 0 fully saturated rings. The molecular weight excluding hydrogens is 290 g/mol. The lowest BCUT2D eigenvalue weighted by Gasteiger charge is -2.20. The van der Waals surface area contributed by atoms with Gasteiger partial charge < -0.3 is 15.0 Å². The number of hydrogen-bond acceptors (Lipinski definition) is 4. The predicted octanol–water partition coefficient (Wildman–Crippen LogP) is 1.46. The van der Waals surface area contributed by atoms with E-state index in [9.17, 15) is 8.42 Å². The van der Waals surface area contributed by atoms with Crippen molar-refractivity contribution in [3.8, 4) is 0 Å². The molecular formula is C14H27N3O3S. The summed E-state index contributed by atoms with van der Waals surface area (Å²) in [5, 5.41) is 3.24. The number of aromatic nitrogens is 1. The quantitative estimate of drug-likeness (QED) is 0.644. The average molecular weight is 317 g/mol. The average Bonchev–Trinajstić information content (AvgIpc) is 2.85. The molecule has 0 aliphatic carbocycles. The predicted molar refractivity (Wildman–Crippen MR) is 83.6 cm³/mol. The summed E-state index contributed by atoms with van der Waals surface area (Å²) in [6.07, 6.45) is 1.52. The zero-order valence-corrected chi connectivity index (χ0v) is 14.3. The van der Waals surface area contributed by atoms with E-state index in [1.165, 1.54) is 6.20 Å². The van der Waals surface area contributed by atoms with Gasteiger partial charge in [-0.2, -0.15) is 0 Å². The largest absolute Gasteiger partial charge is 0.383 e. The highest BCUT2D eigenvalue weighted by atomic mass is 32.2. The molecule has 1 heterocycles. The van der Waals surface area contributed by atoms with Crippen LogP contribution in [-0.2, 0) is 21.3 Å². The van der Waals surface area contributed by atoms with Crippen molar-refractivity contribution in [3.63, 3.8) is 0 Å². The van der Waals surface area contributed by atoms with Gasteiger partial charge in [0, 0.05) is 37.6 Å². The van der Waals surface area contributed by atoms with Crippen LogP contribution in [-0.4, -0.2) is 39.2 Å². The zero-order chi connectivity index (χ0) is 16.0. The van der Waals surface area contributed by atoms with Crippen LogP contribution in [0.5, 0.6) is 0 Å². The molecule has 0 radical (unpaired) electrons. The summed E-state index contributed by atoms with van der Waals surface area (Å²) in [7, 11) is -1.97. The molecule has 0 amide bonds. The van der Waals surface area contributed by atoms with Gasteiger partial charge in [0.15, 0.2) is 0 Å². The topological polar surface area (TPSA) is 83.2 Å². The molecule has 1 aromatic rings. The standard InChI is InChI=1S/C14H27N3O3S/c1-10(2)14(9-20-5)17-21(18,19)13-6-12(16-8-13)7-15-11(3)4/h6,8,10-11,14-17H,7,9H2,1-5H3. The molecule has 0 saturated heterocycles. The number of sulfonamides is 1. The highest BCUT2D eigenvalue weighted by Crippen LogP contribution is 2.13. The molecule has 3 N–H and O–H groups in total. The van der Waals surface area contributed by atoms with Gasteiger partial charge in [-0.25, -0.2) is 13.1 Å². The molecule has 122 valence electrons. The van der Waals surface area contributed by atoms with Crippen molar-refractivity contribution in [3.05, 3.63) is 18.0 Å². The van der Waals surface area contributed by atoms with Crippen LogP contribution in [0.4, 0.5) is 0 Å². The van der Waals surface area contributed by atoms with Gasteiger partial charge in [0.1, 0.15) is 0 Å². The molecule has 6 nitrogen and oxygen atoms in total. The fourth-order valence-corrected chi connectivity index (χ4v) is 3.19. The van der Waals surface area contributed by atoms with Crippen LogP contribution < -0.4 is 10.0 Å². The van der Waals surface area contributed by atoms with Crippen molar-refractivity contribution in [2.24, 2.45) is 5.92 Å². The minimum Gasteiger partial charge on any atom is -0.383 e. The molecule has 1 atom stereocenters.